The van der Waals surface area contributed by atoms with E-state index in [0.717, 1.165) is 29.3 Å². The van der Waals surface area contributed by atoms with Crippen molar-refractivity contribution in [1.82, 2.24) is 5.09 Å². The first-order chi connectivity index (χ1) is 14.6. The highest BCUT2D eigenvalue weighted by Crippen LogP contribution is 2.72. The van der Waals surface area contributed by atoms with E-state index in [1.807, 2.05) is 38.1 Å². The average molecular weight is 538 g/mol. The summed E-state index contributed by atoms with van der Waals surface area (Å²) in [4.78, 5) is 0. The molecule has 0 aromatic heterocycles. The first kappa shape index (κ1) is 25.6. The van der Waals surface area contributed by atoms with Crippen LogP contribution in [0.25, 0.3) is 0 Å². The monoisotopic (exact) mass is 537 g/mol. The third-order valence-electron chi connectivity index (χ3n) is 5.88. The van der Waals surface area contributed by atoms with Crippen LogP contribution in [0.1, 0.15) is 71.5 Å². The second-order valence-electron chi connectivity index (χ2n) is 8.83. The number of halogens is 1. The number of rotatable bonds is 8. The Morgan fingerprint density at radius 3 is 2.26 bits per heavy atom. The SMILES string of the molecule is CCOP(=O)(NC1(P2(=O)OCC(C)(C)C(c3ccc(Br)cc3)O2)CCCCC1)OCC. The van der Waals surface area contributed by atoms with Crippen molar-refractivity contribution in [3.05, 3.63) is 34.3 Å². The molecule has 1 saturated carbocycles. The molecule has 0 radical (unpaired) electrons. The fraction of sp³-hybridized carbons (Fsp3) is 0.714. The molecule has 3 rings (SSSR count). The Morgan fingerprint density at radius 1 is 1.13 bits per heavy atom. The molecule has 2 fully saturated rings. The van der Waals surface area contributed by atoms with Crippen LogP contribution in [-0.4, -0.2) is 25.1 Å². The maximum absolute atomic E-state index is 14.4. The van der Waals surface area contributed by atoms with Gasteiger partial charge in [-0.05, 0) is 44.4 Å². The van der Waals surface area contributed by atoms with Crippen molar-refractivity contribution in [1.29, 1.82) is 0 Å². The van der Waals surface area contributed by atoms with Crippen molar-refractivity contribution in [3.8, 4) is 0 Å². The van der Waals surface area contributed by atoms with Gasteiger partial charge in [-0.15, -0.1) is 0 Å². The molecule has 0 spiro atoms. The van der Waals surface area contributed by atoms with Gasteiger partial charge < -0.3 is 4.52 Å². The van der Waals surface area contributed by atoms with Crippen molar-refractivity contribution >= 4 is 31.3 Å². The van der Waals surface area contributed by atoms with Crippen LogP contribution < -0.4 is 5.09 Å². The molecule has 7 nitrogen and oxygen atoms in total. The lowest BCUT2D eigenvalue weighted by Gasteiger charge is -2.50. The van der Waals surface area contributed by atoms with Crippen molar-refractivity contribution in [2.75, 3.05) is 19.8 Å². The summed E-state index contributed by atoms with van der Waals surface area (Å²) in [5.74, 6) is 0. The van der Waals surface area contributed by atoms with Crippen molar-refractivity contribution in [2.24, 2.45) is 5.41 Å². The molecule has 1 aromatic carbocycles. The Balaban J connectivity index is 1.99. The fourth-order valence-corrected chi connectivity index (χ4v) is 9.59. The quantitative estimate of drug-likeness (QED) is 0.351. The Hall–Kier alpha value is -0.0400. The van der Waals surface area contributed by atoms with Gasteiger partial charge in [-0.2, -0.15) is 0 Å². The fourth-order valence-electron chi connectivity index (χ4n) is 4.29. The number of hydrogen-bond donors (Lipinski definition) is 1. The van der Waals surface area contributed by atoms with E-state index in [-0.39, 0.29) is 25.2 Å². The molecule has 1 aliphatic heterocycles. The zero-order chi connectivity index (χ0) is 22.8. The van der Waals surface area contributed by atoms with Crippen molar-refractivity contribution in [3.63, 3.8) is 0 Å². The molecule has 1 aliphatic carbocycles. The van der Waals surface area contributed by atoms with Gasteiger partial charge in [0.05, 0.1) is 25.9 Å². The molecular formula is C21H34BrNO6P2. The molecule has 10 heteroatoms. The maximum Gasteiger partial charge on any atom is 0.406 e. The van der Waals surface area contributed by atoms with Crippen LogP contribution in [0.5, 0.6) is 0 Å². The molecule has 1 saturated heterocycles. The van der Waals surface area contributed by atoms with Crippen LogP contribution >= 0.6 is 31.3 Å². The highest BCUT2D eigenvalue weighted by molar-refractivity contribution is 9.10. The molecular weight excluding hydrogens is 504 g/mol. The van der Waals surface area contributed by atoms with E-state index >= 15 is 0 Å². The van der Waals surface area contributed by atoms with E-state index in [1.54, 1.807) is 13.8 Å². The van der Waals surface area contributed by atoms with Gasteiger partial charge in [0.2, 0.25) is 0 Å². The molecule has 2 atom stereocenters. The van der Waals surface area contributed by atoms with Gasteiger partial charge in [0, 0.05) is 9.89 Å². The normalized spacial score (nSPS) is 28.4. The zero-order valence-electron chi connectivity index (χ0n) is 18.8. The van der Waals surface area contributed by atoms with E-state index in [0.29, 0.717) is 12.8 Å². The first-order valence-corrected chi connectivity index (χ1v) is 14.8. The van der Waals surface area contributed by atoms with Gasteiger partial charge in [0.15, 0.2) is 0 Å². The summed E-state index contributed by atoms with van der Waals surface area (Å²) in [6.45, 7) is 8.26. The van der Waals surface area contributed by atoms with Gasteiger partial charge in [-0.3, -0.25) is 18.1 Å². The largest absolute Gasteiger partial charge is 0.406 e. The highest BCUT2D eigenvalue weighted by atomic mass is 79.9. The predicted molar refractivity (Wildman–Crippen MR) is 125 cm³/mol. The third kappa shape index (κ3) is 5.55. The van der Waals surface area contributed by atoms with Crippen LogP contribution in [0, 0.1) is 5.41 Å². The molecule has 1 aromatic rings. The molecule has 2 aliphatic rings. The third-order valence-corrected chi connectivity index (χ3v) is 11.0. The van der Waals surface area contributed by atoms with Crippen LogP contribution in [-0.2, 0) is 27.2 Å². The summed E-state index contributed by atoms with van der Waals surface area (Å²) >= 11 is 3.46. The molecule has 0 bridgehead atoms. The molecule has 31 heavy (non-hydrogen) atoms. The number of benzene rings is 1. The number of nitrogens with one attached hydrogen (secondary N) is 1. The van der Waals surface area contributed by atoms with E-state index in [9.17, 15) is 9.13 Å². The van der Waals surface area contributed by atoms with Gasteiger partial charge in [0.1, 0.15) is 5.28 Å². The van der Waals surface area contributed by atoms with E-state index in [2.05, 4.69) is 21.0 Å². The highest BCUT2D eigenvalue weighted by Gasteiger charge is 2.59. The van der Waals surface area contributed by atoms with Crippen LogP contribution in [0.3, 0.4) is 0 Å². The van der Waals surface area contributed by atoms with Crippen LogP contribution in [0.4, 0.5) is 0 Å². The summed E-state index contributed by atoms with van der Waals surface area (Å²) in [6, 6.07) is 7.83. The van der Waals surface area contributed by atoms with Crippen molar-refractivity contribution in [2.45, 2.75) is 71.2 Å². The average Bonchev–Trinajstić information content (AvgIpc) is 2.71. The van der Waals surface area contributed by atoms with Gasteiger partial charge in [0.25, 0.3) is 0 Å². The lowest BCUT2D eigenvalue weighted by Crippen LogP contribution is -2.49. The Bertz CT molecular complexity index is 831. The molecule has 1 heterocycles. The minimum Gasteiger partial charge on any atom is -0.307 e. The lowest BCUT2D eigenvalue weighted by atomic mass is 9.83. The van der Waals surface area contributed by atoms with Gasteiger partial charge in [-0.1, -0.05) is 61.2 Å². The summed E-state index contributed by atoms with van der Waals surface area (Å²) in [5.41, 5.74) is 0.543. The Labute approximate surface area is 194 Å². The predicted octanol–water partition coefficient (Wildman–Crippen LogP) is 7.19. The minimum atomic E-state index is -3.73. The van der Waals surface area contributed by atoms with Crippen LogP contribution in [0.2, 0.25) is 0 Å². The lowest BCUT2D eigenvalue weighted by molar-refractivity contribution is -0.0369. The van der Waals surface area contributed by atoms with E-state index < -0.39 is 26.7 Å². The Morgan fingerprint density at radius 2 is 1.71 bits per heavy atom. The zero-order valence-corrected chi connectivity index (χ0v) is 22.1. The topological polar surface area (TPSA) is 83.1 Å². The first-order valence-electron chi connectivity index (χ1n) is 11.0. The van der Waals surface area contributed by atoms with Crippen LogP contribution in [0.15, 0.2) is 28.7 Å². The minimum absolute atomic E-state index is 0.209. The summed E-state index contributed by atoms with van der Waals surface area (Å²) < 4.78 is 52.1. The van der Waals surface area contributed by atoms with Gasteiger partial charge in [-0.25, -0.2) is 9.65 Å². The molecule has 0 amide bonds. The molecule has 2 unspecified atom stereocenters. The second kappa shape index (κ2) is 10.1. The standard InChI is InChI=1S/C21H34BrNO6P2/c1-5-26-31(25,27-6-2)23-21(14-8-7-9-15-21)30(24)28-16-20(3,4)19(29-30)17-10-12-18(22)13-11-17/h10-13,19H,5-9,14-16H2,1-4H3,(H,23,25). The molecule has 1 N–H and O–H groups in total. The maximum atomic E-state index is 14.4. The summed E-state index contributed by atoms with van der Waals surface area (Å²) in [7, 11) is -7.41. The number of hydrogen-bond acceptors (Lipinski definition) is 6. The smallest absolute Gasteiger partial charge is 0.307 e. The summed E-state index contributed by atoms with van der Waals surface area (Å²) in [6.07, 6.45) is 3.27. The van der Waals surface area contributed by atoms with Crippen molar-refractivity contribution < 1.29 is 27.2 Å². The summed E-state index contributed by atoms with van der Waals surface area (Å²) in [5, 5.41) is 1.94. The second-order valence-corrected chi connectivity index (χ2v) is 13.8. The Kier molecular flexibility index (Phi) is 8.31. The van der Waals surface area contributed by atoms with E-state index in [1.165, 1.54) is 0 Å². The molecule has 176 valence electrons. The van der Waals surface area contributed by atoms with Gasteiger partial charge >= 0.3 is 15.3 Å². The van der Waals surface area contributed by atoms with E-state index in [4.69, 9.17) is 18.1 Å².